The number of aryl methyl sites for hydroxylation is 2. The van der Waals surface area contributed by atoms with Gasteiger partial charge in [-0.15, -0.1) is 16.4 Å². The molecule has 68 valence electrons. The summed E-state index contributed by atoms with van der Waals surface area (Å²) in [6, 6.07) is 0. The largest absolute Gasteiger partial charge is 0.382 e. The smallest absolute Gasteiger partial charge is 0.210 e. The van der Waals surface area contributed by atoms with Gasteiger partial charge < -0.3 is 5.73 Å². The first-order chi connectivity index (χ1) is 6.16. The Balaban J connectivity index is 2.46. The van der Waals surface area contributed by atoms with Crippen LogP contribution >= 0.6 is 11.3 Å². The molecule has 2 rings (SSSR count). The number of nitrogen functional groups attached to an aromatic ring is 1. The standard InChI is InChI=1S/C8H10N4S/c1-5-3-12(11-7(5)9)8-10-6(2)4-13-8/h3-4H,1-2H3,(H2,9,11). The van der Waals surface area contributed by atoms with E-state index in [4.69, 9.17) is 5.73 Å². The topological polar surface area (TPSA) is 56.7 Å². The number of nitrogens with two attached hydrogens (primary N) is 1. The molecule has 0 atom stereocenters. The first-order valence-corrected chi connectivity index (χ1v) is 4.79. The number of hydrogen-bond donors (Lipinski definition) is 1. The second kappa shape index (κ2) is 2.85. The van der Waals surface area contributed by atoms with E-state index < -0.39 is 0 Å². The minimum absolute atomic E-state index is 0.563. The van der Waals surface area contributed by atoms with Crippen LogP contribution in [0.4, 0.5) is 5.82 Å². The molecule has 0 spiro atoms. The SMILES string of the molecule is Cc1csc(-n2cc(C)c(N)n2)n1. The van der Waals surface area contributed by atoms with Crippen molar-refractivity contribution in [3.8, 4) is 5.13 Å². The van der Waals surface area contributed by atoms with Crippen molar-refractivity contribution in [3.05, 3.63) is 22.8 Å². The molecular formula is C8H10N4S. The predicted octanol–water partition coefficient (Wildman–Crippen LogP) is 1.53. The molecule has 0 saturated carbocycles. The summed E-state index contributed by atoms with van der Waals surface area (Å²) >= 11 is 1.56. The fourth-order valence-electron chi connectivity index (χ4n) is 1.02. The lowest BCUT2D eigenvalue weighted by atomic mass is 10.4. The van der Waals surface area contributed by atoms with Crippen molar-refractivity contribution < 1.29 is 0 Å². The third kappa shape index (κ3) is 1.42. The molecular weight excluding hydrogens is 184 g/mol. The van der Waals surface area contributed by atoms with Crippen molar-refractivity contribution in [2.24, 2.45) is 0 Å². The number of anilines is 1. The van der Waals surface area contributed by atoms with E-state index in [1.807, 2.05) is 25.4 Å². The molecule has 4 nitrogen and oxygen atoms in total. The summed E-state index contributed by atoms with van der Waals surface area (Å²) in [6.45, 7) is 3.89. The van der Waals surface area contributed by atoms with E-state index in [2.05, 4.69) is 10.1 Å². The lowest BCUT2D eigenvalue weighted by molar-refractivity contribution is 0.870. The Hall–Kier alpha value is -1.36. The fraction of sp³-hybridized carbons (Fsp3) is 0.250. The van der Waals surface area contributed by atoms with E-state index in [-0.39, 0.29) is 0 Å². The van der Waals surface area contributed by atoms with Gasteiger partial charge in [-0.25, -0.2) is 9.67 Å². The lowest BCUT2D eigenvalue weighted by Crippen LogP contribution is -1.95. The Kier molecular flexibility index (Phi) is 1.81. The van der Waals surface area contributed by atoms with E-state index >= 15 is 0 Å². The summed E-state index contributed by atoms with van der Waals surface area (Å²) in [5.41, 5.74) is 7.62. The summed E-state index contributed by atoms with van der Waals surface area (Å²) in [6.07, 6.45) is 1.88. The highest BCUT2D eigenvalue weighted by Gasteiger charge is 2.05. The summed E-state index contributed by atoms with van der Waals surface area (Å²) in [7, 11) is 0. The van der Waals surface area contributed by atoms with E-state index in [0.717, 1.165) is 16.4 Å². The second-order valence-corrected chi connectivity index (χ2v) is 3.75. The van der Waals surface area contributed by atoms with Gasteiger partial charge in [0.15, 0.2) is 0 Å². The summed E-state index contributed by atoms with van der Waals surface area (Å²) in [4.78, 5) is 4.30. The fourth-order valence-corrected chi connectivity index (χ4v) is 1.75. The Morgan fingerprint density at radius 2 is 2.23 bits per heavy atom. The molecule has 2 aromatic rings. The average Bonchev–Trinajstić information content (AvgIpc) is 2.61. The maximum absolute atomic E-state index is 5.63. The van der Waals surface area contributed by atoms with Crippen LogP contribution < -0.4 is 5.73 Å². The van der Waals surface area contributed by atoms with Crippen LogP contribution in [0.15, 0.2) is 11.6 Å². The third-order valence-corrected chi connectivity index (χ3v) is 2.69. The van der Waals surface area contributed by atoms with Crippen LogP contribution in [0.5, 0.6) is 0 Å². The molecule has 0 aliphatic heterocycles. The van der Waals surface area contributed by atoms with Crippen molar-refractivity contribution >= 4 is 17.2 Å². The zero-order valence-electron chi connectivity index (χ0n) is 7.48. The molecule has 0 amide bonds. The molecule has 0 aliphatic rings. The Morgan fingerprint density at radius 3 is 2.69 bits per heavy atom. The highest BCUT2D eigenvalue weighted by atomic mass is 32.1. The van der Waals surface area contributed by atoms with Crippen molar-refractivity contribution in [1.82, 2.24) is 14.8 Å². The van der Waals surface area contributed by atoms with Crippen LogP contribution in [-0.2, 0) is 0 Å². The molecule has 0 saturated heterocycles. The highest BCUT2D eigenvalue weighted by Crippen LogP contribution is 2.16. The van der Waals surface area contributed by atoms with Crippen LogP contribution in [0, 0.1) is 13.8 Å². The Morgan fingerprint density at radius 1 is 1.46 bits per heavy atom. The van der Waals surface area contributed by atoms with E-state index in [0.29, 0.717) is 5.82 Å². The normalized spacial score (nSPS) is 10.6. The number of rotatable bonds is 1. The second-order valence-electron chi connectivity index (χ2n) is 2.91. The Labute approximate surface area is 80.0 Å². The molecule has 2 aromatic heterocycles. The maximum atomic E-state index is 5.63. The van der Waals surface area contributed by atoms with Gasteiger partial charge in [-0.3, -0.25) is 0 Å². The van der Waals surface area contributed by atoms with Crippen molar-refractivity contribution in [2.45, 2.75) is 13.8 Å². The molecule has 0 aliphatic carbocycles. The Bertz CT molecular complexity index is 410. The quantitative estimate of drug-likeness (QED) is 0.749. The van der Waals surface area contributed by atoms with Gasteiger partial charge in [0.05, 0.1) is 5.69 Å². The summed E-state index contributed by atoms with van der Waals surface area (Å²) in [5.74, 6) is 0.563. The van der Waals surface area contributed by atoms with Crippen LogP contribution in [-0.4, -0.2) is 14.8 Å². The maximum Gasteiger partial charge on any atom is 0.210 e. The monoisotopic (exact) mass is 194 g/mol. The van der Waals surface area contributed by atoms with Crippen molar-refractivity contribution in [1.29, 1.82) is 0 Å². The zero-order chi connectivity index (χ0) is 9.42. The van der Waals surface area contributed by atoms with Gasteiger partial charge in [-0.05, 0) is 13.8 Å². The first kappa shape index (κ1) is 8.25. The van der Waals surface area contributed by atoms with E-state index in [1.54, 1.807) is 16.0 Å². The van der Waals surface area contributed by atoms with Gasteiger partial charge in [-0.2, -0.15) is 0 Å². The molecule has 5 heteroatoms. The lowest BCUT2D eigenvalue weighted by Gasteiger charge is -1.91. The third-order valence-electron chi connectivity index (χ3n) is 1.74. The van der Waals surface area contributed by atoms with Gasteiger partial charge in [0.25, 0.3) is 0 Å². The molecule has 2 heterocycles. The number of aromatic nitrogens is 3. The van der Waals surface area contributed by atoms with Crippen LogP contribution in [0.2, 0.25) is 0 Å². The number of thiazole rings is 1. The summed E-state index contributed by atoms with van der Waals surface area (Å²) in [5, 5.41) is 6.98. The van der Waals surface area contributed by atoms with Crippen LogP contribution in [0.3, 0.4) is 0 Å². The van der Waals surface area contributed by atoms with Crippen molar-refractivity contribution in [2.75, 3.05) is 5.73 Å². The van der Waals surface area contributed by atoms with Gasteiger partial charge in [0.2, 0.25) is 5.13 Å². The molecule has 0 radical (unpaired) electrons. The van der Waals surface area contributed by atoms with E-state index in [9.17, 15) is 0 Å². The molecule has 2 N–H and O–H groups in total. The molecule has 0 aromatic carbocycles. The van der Waals surface area contributed by atoms with E-state index in [1.165, 1.54) is 0 Å². The van der Waals surface area contributed by atoms with Gasteiger partial charge >= 0.3 is 0 Å². The molecule has 13 heavy (non-hydrogen) atoms. The van der Waals surface area contributed by atoms with Gasteiger partial charge in [0.1, 0.15) is 5.82 Å². The first-order valence-electron chi connectivity index (χ1n) is 3.91. The molecule has 0 fully saturated rings. The minimum atomic E-state index is 0.563. The van der Waals surface area contributed by atoms with Crippen LogP contribution in [0.1, 0.15) is 11.3 Å². The average molecular weight is 194 g/mol. The van der Waals surface area contributed by atoms with Gasteiger partial charge in [-0.1, -0.05) is 0 Å². The molecule has 0 unspecified atom stereocenters. The minimum Gasteiger partial charge on any atom is -0.382 e. The van der Waals surface area contributed by atoms with Crippen LogP contribution in [0.25, 0.3) is 5.13 Å². The zero-order valence-corrected chi connectivity index (χ0v) is 8.30. The molecule has 0 bridgehead atoms. The number of nitrogens with zero attached hydrogens (tertiary/aromatic N) is 3. The summed E-state index contributed by atoms with van der Waals surface area (Å²) < 4.78 is 1.71. The van der Waals surface area contributed by atoms with Crippen molar-refractivity contribution in [3.63, 3.8) is 0 Å². The highest BCUT2D eigenvalue weighted by molar-refractivity contribution is 7.12. The predicted molar refractivity (Wildman–Crippen MR) is 53.1 cm³/mol. The number of hydrogen-bond acceptors (Lipinski definition) is 4. The van der Waals surface area contributed by atoms with Gasteiger partial charge in [0, 0.05) is 17.1 Å².